The number of hydrogen-bond acceptors (Lipinski definition) is 3. The molecule has 0 aliphatic heterocycles. The van der Waals surface area contributed by atoms with Crippen LogP contribution in [-0.4, -0.2) is 32.1 Å². The van der Waals surface area contributed by atoms with Crippen LogP contribution in [0.15, 0.2) is 0 Å². The lowest BCUT2D eigenvalue weighted by molar-refractivity contribution is 1.02. The Kier molecular flexibility index (Phi) is 20.8. The molecule has 64 valence electrons. The van der Waals surface area contributed by atoms with E-state index in [9.17, 15) is 0 Å². The largest absolute Gasteiger partial charge is 0.330 e. The van der Waals surface area contributed by atoms with Gasteiger partial charge < -0.3 is 11.1 Å². The van der Waals surface area contributed by atoms with Gasteiger partial charge in [-0.1, -0.05) is 6.92 Å². The SMILES string of the molecule is CCCSCCN.CNC. The van der Waals surface area contributed by atoms with Crippen LogP contribution in [0.3, 0.4) is 0 Å². The summed E-state index contributed by atoms with van der Waals surface area (Å²) in [6.45, 7) is 3.01. The fourth-order valence-electron chi connectivity index (χ4n) is 0.330. The van der Waals surface area contributed by atoms with Gasteiger partial charge in [-0.15, -0.1) is 0 Å². The van der Waals surface area contributed by atoms with Gasteiger partial charge >= 0.3 is 0 Å². The van der Waals surface area contributed by atoms with Crippen molar-refractivity contribution in [2.24, 2.45) is 5.73 Å². The van der Waals surface area contributed by atoms with Gasteiger partial charge in [-0.25, -0.2) is 0 Å². The second-order valence-corrected chi connectivity index (χ2v) is 3.13. The zero-order valence-corrected chi connectivity index (χ0v) is 8.13. The topological polar surface area (TPSA) is 38.0 Å². The maximum Gasteiger partial charge on any atom is 0.00558 e. The molecule has 0 heterocycles. The van der Waals surface area contributed by atoms with E-state index in [1.807, 2.05) is 25.9 Å². The molecule has 0 fully saturated rings. The molecule has 0 aromatic rings. The van der Waals surface area contributed by atoms with Crippen LogP contribution in [0.4, 0.5) is 0 Å². The number of hydrogen-bond donors (Lipinski definition) is 2. The Hall–Kier alpha value is 0.270. The lowest BCUT2D eigenvalue weighted by Gasteiger charge is -1.91. The molecule has 0 spiro atoms. The van der Waals surface area contributed by atoms with Gasteiger partial charge in [-0.05, 0) is 26.3 Å². The van der Waals surface area contributed by atoms with Crippen molar-refractivity contribution in [1.82, 2.24) is 5.32 Å². The average molecular weight is 164 g/mol. The molecule has 0 saturated heterocycles. The van der Waals surface area contributed by atoms with Crippen molar-refractivity contribution >= 4 is 11.8 Å². The first-order valence-electron chi connectivity index (χ1n) is 3.69. The van der Waals surface area contributed by atoms with E-state index in [4.69, 9.17) is 5.73 Å². The van der Waals surface area contributed by atoms with Crippen LogP contribution in [-0.2, 0) is 0 Å². The first kappa shape index (κ1) is 12.9. The van der Waals surface area contributed by atoms with Gasteiger partial charge in [0.25, 0.3) is 0 Å². The van der Waals surface area contributed by atoms with Crippen molar-refractivity contribution in [2.45, 2.75) is 13.3 Å². The van der Waals surface area contributed by atoms with Gasteiger partial charge in [0.15, 0.2) is 0 Å². The van der Waals surface area contributed by atoms with Crippen molar-refractivity contribution in [3.63, 3.8) is 0 Å². The highest BCUT2D eigenvalue weighted by Gasteiger charge is 1.79. The molecule has 3 N–H and O–H groups in total. The fourth-order valence-corrected chi connectivity index (χ4v) is 0.989. The van der Waals surface area contributed by atoms with E-state index in [0.29, 0.717) is 0 Å². The Morgan fingerprint density at radius 2 is 1.80 bits per heavy atom. The van der Waals surface area contributed by atoms with E-state index in [2.05, 4.69) is 12.2 Å². The molecule has 0 saturated carbocycles. The summed E-state index contributed by atoms with van der Waals surface area (Å²) in [6.07, 6.45) is 1.27. The summed E-state index contributed by atoms with van der Waals surface area (Å²) >= 11 is 1.93. The molecule has 2 nitrogen and oxygen atoms in total. The third-order valence-electron chi connectivity index (χ3n) is 0.611. The maximum atomic E-state index is 5.25. The van der Waals surface area contributed by atoms with E-state index in [-0.39, 0.29) is 0 Å². The molecule has 0 aliphatic rings. The highest BCUT2D eigenvalue weighted by atomic mass is 32.2. The van der Waals surface area contributed by atoms with Gasteiger partial charge in [-0.3, -0.25) is 0 Å². The highest BCUT2D eigenvalue weighted by Crippen LogP contribution is 1.98. The molecule has 0 aromatic heterocycles. The molecular formula is C7H20N2S. The van der Waals surface area contributed by atoms with Crippen LogP contribution < -0.4 is 11.1 Å². The maximum absolute atomic E-state index is 5.25. The summed E-state index contributed by atoms with van der Waals surface area (Å²) in [7, 11) is 3.75. The molecule has 0 unspecified atom stereocenters. The first-order chi connectivity index (χ1) is 4.83. The minimum absolute atomic E-state index is 0.824. The normalized spacial score (nSPS) is 8.40. The Balaban J connectivity index is 0. The second-order valence-electron chi connectivity index (χ2n) is 1.90. The van der Waals surface area contributed by atoms with Crippen LogP contribution in [0.5, 0.6) is 0 Å². The summed E-state index contributed by atoms with van der Waals surface area (Å²) in [6, 6.07) is 0. The molecular weight excluding hydrogens is 144 g/mol. The predicted molar refractivity (Wildman–Crippen MR) is 51.7 cm³/mol. The van der Waals surface area contributed by atoms with Crippen molar-refractivity contribution in [3.05, 3.63) is 0 Å². The number of thioether (sulfide) groups is 1. The van der Waals surface area contributed by atoms with E-state index in [1.54, 1.807) is 0 Å². The minimum Gasteiger partial charge on any atom is -0.330 e. The summed E-state index contributed by atoms with van der Waals surface area (Å²) in [5.41, 5.74) is 5.25. The van der Waals surface area contributed by atoms with Crippen LogP contribution in [0.25, 0.3) is 0 Å². The number of nitrogens with two attached hydrogens (primary N) is 1. The first-order valence-corrected chi connectivity index (χ1v) is 4.85. The molecule has 0 bridgehead atoms. The Labute approximate surface area is 68.9 Å². The zero-order valence-electron chi connectivity index (χ0n) is 7.31. The second kappa shape index (κ2) is 16.1. The molecule has 0 amide bonds. The quantitative estimate of drug-likeness (QED) is 0.607. The van der Waals surface area contributed by atoms with Crippen LogP contribution >= 0.6 is 11.8 Å². The molecule has 0 atom stereocenters. The van der Waals surface area contributed by atoms with Crippen LogP contribution in [0.2, 0.25) is 0 Å². The smallest absolute Gasteiger partial charge is 0.00558 e. The highest BCUT2D eigenvalue weighted by molar-refractivity contribution is 7.99. The standard InChI is InChI=1S/C5H13NS.C2H7N/c1-2-4-7-5-3-6;1-3-2/h2-6H2,1H3;3H,1-2H3. The fraction of sp³-hybridized carbons (Fsp3) is 1.00. The molecule has 0 aliphatic carbocycles. The monoisotopic (exact) mass is 164 g/mol. The van der Waals surface area contributed by atoms with E-state index >= 15 is 0 Å². The van der Waals surface area contributed by atoms with Gasteiger partial charge in [-0.2, -0.15) is 11.8 Å². The number of rotatable bonds is 4. The molecule has 10 heavy (non-hydrogen) atoms. The summed E-state index contributed by atoms with van der Waals surface area (Å²) < 4.78 is 0. The van der Waals surface area contributed by atoms with Crippen molar-refractivity contribution in [3.8, 4) is 0 Å². The van der Waals surface area contributed by atoms with Gasteiger partial charge in [0.2, 0.25) is 0 Å². The average Bonchev–Trinajstić information content (AvgIpc) is 1.91. The minimum atomic E-state index is 0.824. The van der Waals surface area contributed by atoms with Gasteiger partial charge in [0.1, 0.15) is 0 Å². The Morgan fingerprint density at radius 3 is 2.10 bits per heavy atom. The van der Waals surface area contributed by atoms with Gasteiger partial charge in [0.05, 0.1) is 0 Å². The summed E-state index contributed by atoms with van der Waals surface area (Å²) in [5.74, 6) is 2.38. The third-order valence-corrected chi connectivity index (χ3v) is 1.83. The third kappa shape index (κ3) is 24.0. The lowest BCUT2D eigenvalue weighted by Crippen LogP contribution is -2.01. The summed E-state index contributed by atoms with van der Waals surface area (Å²) in [4.78, 5) is 0. The Morgan fingerprint density at radius 1 is 1.30 bits per heavy atom. The van der Waals surface area contributed by atoms with Crippen LogP contribution in [0, 0.1) is 0 Å². The predicted octanol–water partition coefficient (Wildman–Crippen LogP) is 0.924. The lowest BCUT2D eigenvalue weighted by atomic mass is 10.6. The van der Waals surface area contributed by atoms with Crippen LogP contribution in [0.1, 0.15) is 13.3 Å². The van der Waals surface area contributed by atoms with E-state index < -0.39 is 0 Å². The van der Waals surface area contributed by atoms with Crippen molar-refractivity contribution in [1.29, 1.82) is 0 Å². The molecule has 0 aromatic carbocycles. The molecule has 0 rings (SSSR count). The molecule has 3 heteroatoms. The van der Waals surface area contributed by atoms with Gasteiger partial charge in [0, 0.05) is 12.3 Å². The summed E-state index contributed by atoms with van der Waals surface area (Å²) in [5, 5.41) is 2.75. The zero-order chi connectivity index (χ0) is 8.24. The van der Waals surface area contributed by atoms with Crippen molar-refractivity contribution in [2.75, 3.05) is 32.1 Å². The van der Waals surface area contributed by atoms with E-state index in [1.165, 1.54) is 12.2 Å². The van der Waals surface area contributed by atoms with E-state index in [0.717, 1.165) is 12.3 Å². The number of nitrogens with one attached hydrogen (secondary N) is 1. The molecule has 0 radical (unpaired) electrons. The van der Waals surface area contributed by atoms with Crippen molar-refractivity contribution < 1.29 is 0 Å². The Bertz CT molecular complexity index is 38.6.